The zero-order chi connectivity index (χ0) is 19.6. The van der Waals surface area contributed by atoms with Crippen molar-refractivity contribution in [2.24, 2.45) is 0 Å². The van der Waals surface area contributed by atoms with Crippen molar-refractivity contribution in [1.82, 2.24) is 0 Å². The fraction of sp³-hybridized carbons (Fsp3) is 0.125. The van der Waals surface area contributed by atoms with Crippen LogP contribution in [0.2, 0.25) is 0 Å². The summed E-state index contributed by atoms with van der Waals surface area (Å²) >= 11 is 0. The van der Waals surface area contributed by atoms with Gasteiger partial charge in [-0.05, 0) is 18.2 Å². The molecule has 0 spiro atoms. The Hall–Kier alpha value is -3.76. The molecular weight excluding hydrogens is 370 g/mol. The number of hydrogen-bond acceptors (Lipinski definition) is 7. The van der Waals surface area contributed by atoms with Crippen molar-refractivity contribution in [3.05, 3.63) is 58.1 Å². The first kappa shape index (κ1) is 18.0. The number of nitrogens with one attached hydrogen (secondary N) is 1. The molecule has 27 heavy (non-hydrogen) atoms. The van der Waals surface area contributed by atoms with Crippen LogP contribution in [0.15, 0.2) is 42.5 Å². The van der Waals surface area contributed by atoms with E-state index < -0.39 is 29.7 Å². The number of esters is 1. The summed E-state index contributed by atoms with van der Waals surface area (Å²) in [5.41, 5.74) is -0.278. The largest absolute Gasteiger partial charge is 0.586 e. The maximum atomic E-state index is 12.9. The van der Waals surface area contributed by atoms with E-state index in [2.05, 4.69) is 14.8 Å². The second-order valence-corrected chi connectivity index (χ2v) is 5.26. The monoisotopic (exact) mass is 380 g/mol. The molecule has 0 aromatic heterocycles. The zero-order valence-electron chi connectivity index (χ0n) is 13.3. The van der Waals surface area contributed by atoms with E-state index in [1.807, 2.05) is 0 Å². The second-order valence-electron chi connectivity index (χ2n) is 5.26. The quantitative estimate of drug-likeness (QED) is 0.481. The van der Waals surface area contributed by atoms with Crippen molar-refractivity contribution < 1.29 is 37.5 Å². The molecule has 0 atom stereocenters. The van der Waals surface area contributed by atoms with Crippen LogP contribution in [0.25, 0.3) is 0 Å². The van der Waals surface area contributed by atoms with Crippen LogP contribution >= 0.6 is 0 Å². The van der Waals surface area contributed by atoms with Gasteiger partial charge in [0.15, 0.2) is 18.1 Å². The Morgan fingerprint density at radius 2 is 1.89 bits per heavy atom. The lowest BCUT2D eigenvalue weighted by Crippen LogP contribution is -2.25. The molecule has 140 valence electrons. The number of hydrogen-bond donors (Lipinski definition) is 1. The third kappa shape index (κ3) is 4.26. The highest BCUT2D eigenvalue weighted by molar-refractivity contribution is 5.95. The molecule has 0 unspecified atom stereocenters. The van der Waals surface area contributed by atoms with Gasteiger partial charge < -0.3 is 19.5 Å². The molecule has 0 saturated heterocycles. The Morgan fingerprint density at radius 1 is 1.15 bits per heavy atom. The number of benzene rings is 2. The highest BCUT2D eigenvalue weighted by Gasteiger charge is 2.43. The third-order valence-electron chi connectivity index (χ3n) is 3.31. The van der Waals surface area contributed by atoms with Crippen molar-refractivity contribution >= 4 is 23.3 Å². The van der Waals surface area contributed by atoms with Crippen LogP contribution in [-0.2, 0) is 9.53 Å². The van der Waals surface area contributed by atoms with Crippen LogP contribution in [-0.4, -0.2) is 29.7 Å². The molecule has 3 rings (SSSR count). The summed E-state index contributed by atoms with van der Waals surface area (Å²) in [5, 5.41) is 13.0. The van der Waals surface area contributed by atoms with Crippen molar-refractivity contribution in [3.63, 3.8) is 0 Å². The van der Waals surface area contributed by atoms with E-state index in [-0.39, 0.29) is 28.4 Å². The van der Waals surface area contributed by atoms with Crippen LogP contribution in [0.4, 0.5) is 20.2 Å². The number of fused-ring (bicyclic) bond motifs is 1. The smallest absolute Gasteiger partial charge is 0.452 e. The van der Waals surface area contributed by atoms with E-state index in [0.717, 1.165) is 12.1 Å². The van der Waals surface area contributed by atoms with Crippen LogP contribution < -0.4 is 14.8 Å². The van der Waals surface area contributed by atoms with E-state index in [0.29, 0.717) is 0 Å². The molecule has 1 N–H and O–H groups in total. The fourth-order valence-corrected chi connectivity index (χ4v) is 2.18. The summed E-state index contributed by atoms with van der Waals surface area (Å²) in [5.74, 6) is -2.12. The van der Waals surface area contributed by atoms with E-state index >= 15 is 0 Å². The summed E-state index contributed by atoms with van der Waals surface area (Å²) in [4.78, 5) is 33.7. The maximum absolute atomic E-state index is 12.9. The molecule has 0 aliphatic carbocycles. The Labute approximate surface area is 149 Å². The molecular formula is C16H10F2N2O7. The average molecular weight is 380 g/mol. The van der Waals surface area contributed by atoms with Gasteiger partial charge in [-0.15, -0.1) is 8.78 Å². The van der Waals surface area contributed by atoms with E-state index in [9.17, 15) is 28.5 Å². The van der Waals surface area contributed by atoms with E-state index in [4.69, 9.17) is 4.74 Å². The number of nitro groups is 1. The van der Waals surface area contributed by atoms with Crippen molar-refractivity contribution in [2.45, 2.75) is 6.29 Å². The number of non-ortho nitro benzene ring substituents is 1. The number of halogens is 2. The number of anilines is 1. The number of carbonyl (C=O) groups excluding carboxylic acids is 2. The van der Waals surface area contributed by atoms with Gasteiger partial charge in [-0.25, -0.2) is 4.79 Å². The number of rotatable bonds is 5. The highest BCUT2D eigenvalue weighted by Crippen LogP contribution is 2.42. The first-order valence-corrected chi connectivity index (χ1v) is 7.35. The Bertz CT molecular complexity index is 933. The van der Waals surface area contributed by atoms with Gasteiger partial charge >= 0.3 is 12.3 Å². The topological polar surface area (TPSA) is 117 Å². The molecule has 2 aromatic rings. The minimum absolute atomic E-state index is 0.0951. The van der Waals surface area contributed by atoms with E-state index in [1.54, 1.807) is 0 Å². The van der Waals surface area contributed by atoms with Gasteiger partial charge in [0, 0.05) is 23.9 Å². The molecule has 1 aliphatic heterocycles. The van der Waals surface area contributed by atoms with Gasteiger partial charge in [-0.1, -0.05) is 6.07 Å². The van der Waals surface area contributed by atoms with Gasteiger partial charge in [-0.2, -0.15) is 0 Å². The minimum atomic E-state index is -3.78. The number of nitrogens with zero attached hydrogens (tertiary/aromatic N) is 1. The summed E-state index contributed by atoms with van der Waals surface area (Å²) in [7, 11) is 0. The van der Waals surface area contributed by atoms with Gasteiger partial charge in [0.25, 0.3) is 11.6 Å². The Balaban J connectivity index is 1.57. The number of carbonyl (C=O) groups is 2. The van der Waals surface area contributed by atoms with Gasteiger partial charge in [-0.3, -0.25) is 14.9 Å². The first-order chi connectivity index (χ1) is 12.7. The summed E-state index contributed by atoms with van der Waals surface area (Å²) in [6.07, 6.45) is -3.78. The lowest BCUT2D eigenvalue weighted by molar-refractivity contribution is -0.384. The second kappa shape index (κ2) is 6.86. The predicted octanol–water partition coefficient (Wildman–Crippen LogP) is 2.71. The van der Waals surface area contributed by atoms with Gasteiger partial charge in [0.1, 0.15) is 0 Å². The Kier molecular flexibility index (Phi) is 4.59. The number of alkyl halides is 2. The predicted molar refractivity (Wildman–Crippen MR) is 84.7 cm³/mol. The van der Waals surface area contributed by atoms with Crippen LogP contribution in [0.1, 0.15) is 10.4 Å². The molecule has 0 saturated carbocycles. The summed E-state index contributed by atoms with van der Waals surface area (Å²) < 4.78 is 39.1. The maximum Gasteiger partial charge on any atom is 0.586 e. The van der Waals surface area contributed by atoms with Crippen LogP contribution in [0, 0.1) is 10.1 Å². The summed E-state index contributed by atoms with van der Waals surface area (Å²) in [6, 6.07) is 8.41. The van der Waals surface area contributed by atoms with Crippen LogP contribution in [0.5, 0.6) is 11.5 Å². The van der Waals surface area contributed by atoms with E-state index in [1.165, 1.54) is 30.3 Å². The Morgan fingerprint density at radius 3 is 2.63 bits per heavy atom. The number of amides is 1. The van der Waals surface area contributed by atoms with Gasteiger partial charge in [0.05, 0.1) is 10.5 Å². The molecule has 11 heteroatoms. The van der Waals surface area contributed by atoms with Gasteiger partial charge in [0.2, 0.25) is 0 Å². The molecule has 1 heterocycles. The SMILES string of the molecule is O=C(COC(=O)c1cccc([N+](=O)[O-])c1)Nc1ccc2c(c1)OC(F)(F)O2. The minimum Gasteiger partial charge on any atom is -0.452 e. The molecule has 1 amide bonds. The standard InChI is InChI=1S/C16H10F2N2O7/c17-16(18)26-12-5-4-10(7-13(12)27-16)19-14(21)8-25-15(22)9-2-1-3-11(6-9)20(23)24/h1-7H,8H2,(H,19,21). The number of ether oxygens (including phenoxy) is 3. The molecule has 0 bridgehead atoms. The lowest BCUT2D eigenvalue weighted by atomic mass is 10.2. The van der Waals surface area contributed by atoms with Crippen molar-refractivity contribution in [3.8, 4) is 11.5 Å². The highest BCUT2D eigenvalue weighted by atomic mass is 19.3. The van der Waals surface area contributed by atoms with Crippen LogP contribution in [0.3, 0.4) is 0 Å². The molecule has 0 radical (unpaired) electrons. The van der Waals surface area contributed by atoms with Crippen molar-refractivity contribution in [1.29, 1.82) is 0 Å². The number of nitro benzene ring substituents is 1. The molecule has 2 aromatic carbocycles. The third-order valence-corrected chi connectivity index (χ3v) is 3.31. The zero-order valence-corrected chi connectivity index (χ0v) is 13.3. The molecule has 9 nitrogen and oxygen atoms in total. The normalized spacial score (nSPS) is 13.7. The summed E-state index contributed by atoms with van der Waals surface area (Å²) in [6.45, 7) is -0.688. The molecule has 1 aliphatic rings. The van der Waals surface area contributed by atoms with Crippen molar-refractivity contribution in [2.75, 3.05) is 11.9 Å². The lowest BCUT2D eigenvalue weighted by Gasteiger charge is -2.07. The average Bonchev–Trinajstić information content (AvgIpc) is 2.92. The first-order valence-electron chi connectivity index (χ1n) is 7.35. The fourth-order valence-electron chi connectivity index (χ4n) is 2.18. The molecule has 0 fully saturated rings.